The number of likely N-dealkylation sites (tertiary alicyclic amines) is 1. The number of phenols is 3. The number of aryl methyl sites for hydroxylation is 1. The van der Waals surface area contributed by atoms with Gasteiger partial charge >= 0.3 is 0 Å². The maximum absolute atomic E-state index is 12.5. The van der Waals surface area contributed by atoms with Crippen molar-refractivity contribution in [1.82, 2.24) is 10.2 Å². The van der Waals surface area contributed by atoms with Crippen LogP contribution < -0.4 is 10.1 Å². The average Bonchev–Trinajstić information content (AvgIpc) is 2.73. The minimum Gasteiger partial charge on any atom is -0.504 e. The van der Waals surface area contributed by atoms with E-state index in [1.54, 1.807) is 4.90 Å². The monoisotopic (exact) mass is 414 g/mol. The SMILES string of the molecule is Cc1cccc(OCC(=O)N2CCC(NC(=O)c3cc(O)c(O)c(O)c3)CC2)c1C. The summed E-state index contributed by atoms with van der Waals surface area (Å²) >= 11 is 0. The van der Waals surface area contributed by atoms with Crippen LogP contribution in [0.1, 0.15) is 34.3 Å². The van der Waals surface area contributed by atoms with Crippen molar-refractivity contribution >= 4 is 11.8 Å². The van der Waals surface area contributed by atoms with Gasteiger partial charge in [-0.1, -0.05) is 12.1 Å². The quantitative estimate of drug-likeness (QED) is 0.557. The lowest BCUT2D eigenvalue weighted by atomic mass is 10.0. The van der Waals surface area contributed by atoms with Crippen LogP contribution in [0.4, 0.5) is 0 Å². The third kappa shape index (κ3) is 4.76. The molecule has 160 valence electrons. The molecule has 0 unspecified atom stereocenters. The van der Waals surface area contributed by atoms with Crippen molar-refractivity contribution < 1.29 is 29.6 Å². The maximum Gasteiger partial charge on any atom is 0.260 e. The smallest absolute Gasteiger partial charge is 0.260 e. The summed E-state index contributed by atoms with van der Waals surface area (Å²) in [6.07, 6.45) is 1.16. The molecule has 0 spiro atoms. The molecule has 8 heteroatoms. The van der Waals surface area contributed by atoms with Crippen LogP contribution in [0.25, 0.3) is 0 Å². The summed E-state index contributed by atoms with van der Waals surface area (Å²) in [5.41, 5.74) is 2.16. The molecule has 0 aromatic heterocycles. The molecule has 3 rings (SSSR count). The summed E-state index contributed by atoms with van der Waals surface area (Å²) in [6, 6.07) is 7.77. The first-order valence-electron chi connectivity index (χ1n) is 9.79. The number of ether oxygens (including phenoxy) is 1. The van der Waals surface area contributed by atoms with Crippen LogP contribution in [-0.4, -0.2) is 57.8 Å². The first-order valence-corrected chi connectivity index (χ1v) is 9.79. The number of nitrogens with one attached hydrogen (secondary N) is 1. The van der Waals surface area contributed by atoms with E-state index in [0.29, 0.717) is 31.7 Å². The topological polar surface area (TPSA) is 119 Å². The zero-order chi connectivity index (χ0) is 21.8. The van der Waals surface area contributed by atoms with Gasteiger partial charge in [0.05, 0.1) is 0 Å². The average molecular weight is 414 g/mol. The molecule has 1 saturated heterocycles. The van der Waals surface area contributed by atoms with Gasteiger partial charge in [0.25, 0.3) is 11.8 Å². The lowest BCUT2D eigenvalue weighted by molar-refractivity contribution is -0.134. The normalized spacial score (nSPS) is 14.4. The summed E-state index contributed by atoms with van der Waals surface area (Å²) in [4.78, 5) is 26.5. The second-order valence-corrected chi connectivity index (χ2v) is 7.48. The van der Waals surface area contributed by atoms with Crippen LogP contribution in [0.15, 0.2) is 30.3 Å². The Labute approximate surface area is 174 Å². The number of aromatic hydroxyl groups is 3. The minimum absolute atomic E-state index is 0.0343. The Hall–Kier alpha value is -3.42. The number of nitrogens with zero attached hydrogens (tertiary/aromatic N) is 1. The molecule has 2 amide bonds. The number of piperidine rings is 1. The number of amides is 2. The molecule has 2 aromatic rings. The first-order chi connectivity index (χ1) is 14.3. The Bertz CT molecular complexity index is 928. The molecule has 1 aliphatic rings. The summed E-state index contributed by atoms with van der Waals surface area (Å²) < 4.78 is 5.69. The minimum atomic E-state index is -0.665. The Morgan fingerprint density at radius 2 is 1.73 bits per heavy atom. The molecule has 30 heavy (non-hydrogen) atoms. The number of carbonyl (C=O) groups is 2. The van der Waals surface area contributed by atoms with Crippen molar-refractivity contribution in [2.75, 3.05) is 19.7 Å². The highest BCUT2D eigenvalue weighted by Crippen LogP contribution is 2.35. The Morgan fingerprint density at radius 3 is 2.37 bits per heavy atom. The molecule has 0 atom stereocenters. The second kappa shape index (κ2) is 8.94. The van der Waals surface area contributed by atoms with E-state index in [4.69, 9.17) is 4.74 Å². The number of rotatable bonds is 5. The Morgan fingerprint density at radius 1 is 1.10 bits per heavy atom. The van der Waals surface area contributed by atoms with E-state index < -0.39 is 23.2 Å². The number of hydrogen-bond acceptors (Lipinski definition) is 6. The fourth-order valence-electron chi connectivity index (χ4n) is 3.39. The van der Waals surface area contributed by atoms with E-state index in [9.17, 15) is 24.9 Å². The molecule has 0 bridgehead atoms. The highest BCUT2D eigenvalue weighted by Gasteiger charge is 2.25. The summed E-state index contributed by atoms with van der Waals surface area (Å²) in [7, 11) is 0. The molecule has 0 saturated carbocycles. The predicted molar refractivity (Wildman–Crippen MR) is 110 cm³/mol. The first kappa shape index (κ1) is 21.3. The molecular weight excluding hydrogens is 388 g/mol. The van der Waals surface area contributed by atoms with Crippen LogP contribution in [-0.2, 0) is 4.79 Å². The molecule has 4 N–H and O–H groups in total. The van der Waals surface area contributed by atoms with Crippen LogP contribution in [0, 0.1) is 13.8 Å². The highest BCUT2D eigenvalue weighted by atomic mass is 16.5. The van der Waals surface area contributed by atoms with Gasteiger partial charge in [-0.25, -0.2) is 0 Å². The van der Waals surface area contributed by atoms with E-state index in [1.165, 1.54) is 0 Å². The largest absolute Gasteiger partial charge is 0.504 e. The van der Waals surface area contributed by atoms with Crippen molar-refractivity contribution in [3.63, 3.8) is 0 Å². The zero-order valence-electron chi connectivity index (χ0n) is 17.0. The standard InChI is InChI=1S/C22H26N2O6/c1-13-4-3-5-19(14(13)2)30-12-20(27)24-8-6-16(7-9-24)23-22(29)15-10-17(25)21(28)18(26)11-15/h3-5,10-11,16,25-26,28H,6-9,12H2,1-2H3,(H,23,29). The van der Waals surface area contributed by atoms with Gasteiger partial charge in [-0.05, 0) is 56.0 Å². The third-order valence-corrected chi connectivity index (χ3v) is 5.42. The van der Waals surface area contributed by atoms with Crippen LogP contribution >= 0.6 is 0 Å². The zero-order valence-corrected chi connectivity index (χ0v) is 17.0. The van der Waals surface area contributed by atoms with E-state index in [0.717, 1.165) is 23.3 Å². The summed E-state index contributed by atoms with van der Waals surface area (Å²) in [5.74, 6) is -1.67. The van der Waals surface area contributed by atoms with E-state index in [2.05, 4.69) is 5.32 Å². The van der Waals surface area contributed by atoms with Crippen molar-refractivity contribution in [2.24, 2.45) is 0 Å². The molecule has 8 nitrogen and oxygen atoms in total. The van der Waals surface area contributed by atoms with Crippen LogP contribution in [0.3, 0.4) is 0 Å². The molecule has 1 aliphatic heterocycles. The third-order valence-electron chi connectivity index (χ3n) is 5.42. The van der Waals surface area contributed by atoms with Crippen molar-refractivity contribution in [3.8, 4) is 23.0 Å². The van der Waals surface area contributed by atoms with Crippen LogP contribution in [0.5, 0.6) is 23.0 Å². The molecule has 0 radical (unpaired) electrons. The molecule has 2 aromatic carbocycles. The van der Waals surface area contributed by atoms with Gasteiger partial charge in [0.1, 0.15) is 5.75 Å². The molecular formula is C22H26N2O6. The number of carbonyl (C=O) groups excluding carboxylic acids is 2. The fourth-order valence-corrected chi connectivity index (χ4v) is 3.39. The van der Waals surface area contributed by atoms with Crippen molar-refractivity contribution in [1.29, 1.82) is 0 Å². The number of hydrogen-bond donors (Lipinski definition) is 4. The lowest BCUT2D eigenvalue weighted by Crippen LogP contribution is -2.47. The van der Waals surface area contributed by atoms with Crippen LogP contribution in [0.2, 0.25) is 0 Å². The predicted octanol–water partition coefficient (Wildman–Crippen LogP) is 2.22. The van der Waals surface area contributed by atoms with Gasteiger partial charge in [0.2, 0.25) is 0 Å². The van der Waals surface area contributed by atoms with Gasteiger partial charge in [-0.2, -0.15) is 0 Å². The lowest BCUT2D eigenvalue weighted by Gasteiger charge is -2.32. The van der Waals surface area contributed by atoms with E-state index in [-0.39, 0.29) is 24.1 Å². The van der Waals surface area contributed by atoms with Crippen molar-refractivity contribution in [2.45, 2.75) is 32.7 Å². The van der Waals surface area contributed by atoms with Crippen molar-refractivity contribution in [3.05, 3.63) is 47.0 Å². The highest BCUT2D eigenvalue weighted by molar-refractivity contribution is 5.95. The van der Waals surface area contributed by atoms with E-state index in [1.807, 2.05) is 32.0 Å². The van der Waals surface area contributed by atoms with Gasteiger partial charge in [-0.15, -0.1) is 0 Å². The molecule has 0 aliphatic carbocycles. The van der Waals surface area contributed by atoms with Gasteiger partial charge in [0, 0.05) is 24.7 Å². The number of benzene rings is 2. The second-order valence-electron chi connectivity index (χ2n) is 7.48. The summed E-state index contributed by atoms with van der Waals surface area (Å²) in [6.45, 7) is 4.90. The van der Waals surface area contributed by atoms with Gasteiger partial charge in [0.15, 0.2) is 23.9 Å². The van der Waals surface area contributed by atoms with Gasteiger partial charge in [-0.3, -0.25) is 9.59 Å². The Kier molecular flexibility index (Phi) is 6.34. The Balaban J connectivity index is 1.49. The van der Waals surface area contributed by atoms with Gasteiger partial charge < -0.3 is 30.3 Å². The summed E-state index contributed by atoms with van der Waals surface area (Å²) in [5, 5.41) is 31.3. The van der Waals surface area contributed by atoms with E-state index >= 15 is 0 Å². The molecule has 1 fully saturated rings. The number of phenolic OH excluding ortho intramolecular Hbond substituents is 3. The fraction of sp³-hybridized carbons (Fsp3) is 0.364. The maximum atomic E-state index is 12.5. The molecule has 1 heterocycles.